The van der Waals surface area contributed by atoms with Gasteiger partial charge < -0.3 is 24.8 Å². The Bertz CT molecular complexity index is 557. The quantitative estimate of drug-likeness (QED) is 0.200. The molecule has 0 spiro atoms. The van der Waals surface area contributed by atoms with E-state index in [0.717, 1.165) is 70.5 Å². The number of nitrogens with one attached hydrogen (secondary N) is 2. The van der Waals surface area contributed by atoms with Gasteiger partial charge in [0.2, 0.25) is 0 Å². The van der Waals surface area contributed by atoms with Gasteiger partial charge in [0.15, 0.2) is 5.96 Å². The van der Waals surface area contributed by atoms with E-state index in [2.05, 4.69) is 22.5 Å². The number of guanidine groups is 1. The van der Waals surface area contributed by atoms with E-state index in [9.17, 15) is 0 Å². The van der Waals surface area contributed by atoms with Crippen LogP contribution < -0.4 is 15.4 Å². The van der Waals surface area contributed by atoms with E-state index in [1.54, 1.807) is 6.07 Å². The smallest absolute Gasteiger partial charge is 0.191 e. The number of hydrogen-bond donors (Lipinski definition) is 2. The van der Waals surface area contributed by atoms with Crippen LogP contribution in [0.15, 0.2) is 29.3 Å². The molecule has 0 amide bonds. The van der Waals surface area contributed by atoms with Gasteiger partial charge in [-0.1, -0.05) is 17.7 Å². The number of hydrogen-bond acceptors (Lipinski definition) is 4. The van der Waals surface area contributed by atoms with Gasteiger partial charge in [-0.05, 0) is 50.3 Å². The lowest BCUT2D eigenvalue weighted by molar-refractivity contribution is 0.0205. The van der Waals surface area contributed by atoms with Crippen molar-refractivity contribution in [2.75, 3.05) is 52.7 Å². The largest absolute Gasteiger partial charge is 0.492 e. The van der Waals surface area contributed by atoms with Crippen LogP contribution in [0.1, 0.15) is 26.2 Å². The van der Waals surface area contributed by atoms with Gasteiger partial charge >= 0.3 is 0 Å². The summed E-state index contributed by atoms with van der Waals surface area (Å²) in [6.07, 6.45) is 3.15. The summed E-state index contributed by atoms with van der Waals surface area (Å²) in [5.74, 6) is 2.23. The van der Waals surface area contributed by atoms with Gasteiger partial charge in [-0.15, -0.1) is 24.0 Å². The minimum absolute atomic E-state index is 0. The molecule has 0 aromatic heterocycles. The number of benzene rings is 1. The lowest BCUT2D eigenvalue weighted by atomic mass is 10.0. The molecule has 0 atom stereocenters. The van der Waals surface area contributed by atoms with E-state index < -0.39 is 0 Å². The fraction of sp³-hybridized carbons (Fsp3) is 0.650. The van der Waals surface area contributed by atoms with Gasteiger partial charge in [-0.2, -0.15) is 0 Å². The monoisotopic (exact) mass is 525 g/mol. The summed E-state index contributed by atoms with van der Waals surface area (Å²) in [7, 11) is 0. The summed E-state index contributed by atoms with van der Waals surface area (Å²) in [4.78, 5) is 4.57. The normalized spacial score (nSPS) is 15.0. The molecule has 1 aromatic carbocycles. The van der Waals surface area contributed by atoms with Crippen LogP contribution in [-0.2, 0) is 9.47 Å². The molecular formula is C20H33ClIN3O3. The maximum Gasteiger partial charge on any atom is 0.191 e. The molecule has 1 heterocycles. The summed E-state index contributed by atoms with van der Waals surface area (Å²) in [6, 6.07) is 7.41. The second kappa shape index (κ2) is 16.1. The maximum absolute atomic E-state index is 5.95. The maximum atomic E-state index is 5.95. The van der Waals surface area contributed by atoms with Crippen molar-refractivity contribution in [2.24, 2.45) is 10.9 Å². The first-order valence-electron chi connectivity index (χ1n) is 9.84. The fourth-order valence-corrected chi connectivity index (χ4v) is 2.94. The van der Waals surface area contributed by atoms with Crippen LogP contribution >= 0.6 is 35.6 Å². The summed E-state index contributed by atoms with van der Waals surface area (Å²) in [5.41, 5.74) is 0. The van der Waals surface area contributed by atoms with Crippen molar-refractivity contribution in [1.29, 1.82) is 0 Å². The van der Waals surface area contributed by atoms with Crippen LogP contribution in [0.5, 0.6) is 5.75 Å². The highest BCUT2D eigenvalue weighted by molar-refractivity contribution is 14.0. The van der Waals surface area contributed by atoms with Crippen LogP contribution in [0.4, 0.5) is 0 Å². The third kappa shape index (κ3) is 11.3. The van der Waals surface area contributed by atoms with Gasteiger partial charge in [-0.25, -0.2) is 0 Å². The summed E-state index contributed by atoms with van der Waals surface area (Å²) in [5, 5.41) is 7.19. The van der Waals surface area contributed by atoms with Gasteiger partial charge in [0.05, 0.1) is 6.54 Å². The number of ether oxygens (including phenoxy) is 3. The molecule has 28 heavy (non-hydrogen) atoms. The average molecular weight is 526 g/mol. The van der Waals surface area contributed by atoms with Crippen molar-refractivity contribution in [3.05, 3.63) is 29.3 Å². The highest BCUT2D eigenvalue weighted by Gasteiger charge is 2.13. The molecule has 0 aliphatic carbocycles. The molecule has 1 aromatic rings. The van der Waals surface area contributed by atoms with E-state index in [1.165, 1.54) is 0 Å². The summed E-state index contributed by atoms with van der Waals surface area (Å²) in [6.45, 7) is 8.15. The fourth-order valence-electron chi connectivity index (χ4n) is 2.76. The van der Waals surface area contributed by atoms with Crippen molar-refractivity contribution in [1.82, 2.24) is 10.6 Å². The number of halogens is 2. The van der Waals surface area contributed by atoms with Crippen molar-refractivity contribution in [3.8, 4) is 5.75 Å². The number of aliphatic imine (C=N–C) groups is 1. The Morgan fingerprint density at radius 2 is 2.07 bits per heavy atom. The van der Waals surface area contributed by atoms with Crippen LogP contribution in [0.2, 0.25) is 5.02 Å². The van der Waals surface area contributed by atoms with E-state index in [0.29, 0.717) is 24.1 Å². The minimum Gasteiger partial charge on any atom is -0.492 e. The zero-order valence-corrected chi connectivity index (χ0v) is 19.7. The third-order valence-corrected chi connectivity index (χ3v) is 4.45. The van der Waals surface area contributed by atoms with Gasteiger partial charge in [0.1, 0.15) is 12.4 Å². The lowest BCUT2D eigenvalue weighted by Gasteiger charge is -2.21. The number of rotatable bonds is 11. The minimum atomic E-state index is 0. The molecule has 1 aliphatic heterocycles. The van der Waals surface area contributed by atoms with Crippen LogP contribution in [0.3, 0.4) is 0 Å². The Hall–Kier alpha value is -0.770. The van der Waals surface area contributed by atoms with Gasteiger partial charge in [0.25, 0.3) is 0 Å². The molecule has 0 unspecified atom stereocenters. The van der Waals surface area contributed by atoms with E-state index in [-0.39, 0.29) is 24.0 Å². The molecule has 6 nitrogen and oxygen atoms in total. The molecule has 160 valence electrons. The number of nitrogens with zero attached hydrogens (tertiary/aromatic N) is 1. The zero-order chi connectivity index (χ0) is 19.2. The van der Waals surface area contributed by atoms with E-state index >= 15 is 0 Å². The van der Waals surface area contributed by atoms with Crippen LogP contribution in [-0.4, -0.2) is 58.6 Å². The summed E-state index contributed by atoms with van der Waals surface area (Å²) < 4.78 is 16.8. The Morgan fingerprint density at radius 1 is 1.25 bits per heavy atom. The topological polar surface area (TPSA) is 64.1 Å². The Labute approximate surface area is 190 Å². The van der Waals surface area contributed by atoms with Gasteiger partial charge in [-0.3, -0.25) is 4.99 Å². The van der Waals surface area contributed by atoms with Crippen molar-refractivity contribution in [3.63, 3.8) is 0 Å². The average Bonchev–Trinajstić information content (AvgIpc) is 2.68. The van der Waals surface area contributed by atoms with Crippen molar-refractivity contribution >= 4 is 41.5 Å². The second-order valence-corrected chi connectivity index (χ2v) is 6.91. The molecule has 1 aliphatic rings. The molecular weight excluding hydrogens is 493 g/mol. The summed E-state index contributed by atoms with van der Waals surface area (Å²) >= 11 is 5.95. The molecule has 8 heteroatoms. The van der Waals surface area contributed by atoms with Crippen molar-refractivity contribution < 1.29 is 14.2 Å². The standard InChI is InChI=1S/C20H32ClN3O3.HI/c1-2-22-20(24-10-14-27-19-6-3-5-18(21)15-19)23-9-4-11-26-16-17-7-12-25-13-8-17;/h3,5-6,15,17H,2,4,7-14,16H2,1H3,(H2,22,23,24);1H. The highest BCUT2D eigenvalue weighted by Crippen LogP contribution is 2.16. The van der Waals surface area contributed by atoms with Gasteiger partial charge in [0, 0.05) is 44.5 Å². The van der Waals surface area contributed by atoms with Crippen LogP contribution in [0.25, 0.3) is 0 Å². The van der Waals surface area contributed by atoms with Crippen molar-refractivity contribution in [2.45, 2.75) is 26.2 Å². The molecule has 1 fully saturated rings. The molecule has 1 saturated heterocycles. The van der Waals surface area contributed by atoms with Crippen LogP contribution in [0, 0.1) is 5.92 Å². The first-order valence-corrected chi connectivity index (χ1v) is 10.2. The predicted octanol–water partition coefficient (Wildman–Crippen LogP) is 3.73. The molecule has 0 bridgehead atoms. The Morgan fingerprint density at radius 3 is 2.82 bits per heavy atom. The molecule has 2 rings (SSSR count). The first kappa shape index (κ1) is 25.3. The van der Waals surface area contributed by atoms with E-state index in [1.807, 2.05) is 18.2 Å². The molecule has 0 saturated carbocycles. The SMILES string of the molecule is CCNC(=NCCCOCC1CCOCC1)NCCOc1cccc(Cl)c1.I. The Balaban J connectivity index is 0.00000392. The molecule has 0 radical (unpaired) electrons. The Kier molecular flexibility index (Phi) is 14.5. The third-order valence-electron chi connectivity index (χ3n) is 4.21. The first-order chi connectivity index (χ1) is 13.3. The lowest BCUT2D eigenvalue weighted by Crippen LogP contribution is -2.39. The second-order valence-electron chi connectivity index (χ2n) is 6.48. The highest BCUT2D eigenvalue weighted by atomic mass is 127. The molecule has 2 N–H and O–H groups in total. The van der Waals surface area contributed by atoms with E-state index in [4.69, 9.17) is 25.8 Å². The predicted molar refractivity (Wildman–Crippen MR) is 125 cm³/mol. The zero-order valence-electron chi connectivity index (χ0n) is 16.6.